The maximum Gasteiger partial charge on any atom is 0.255 e. The number of rotatable bonds is 3. The number of nitrogens with zero attached hydrogens (tertiary/aromatic N) is 5. The van der Waals surface area contributed by atoms with E-state index < -0.39 is 0 Å². The van der Waals surface area contributed by atoms with Crippen LogP contribution in [0, 0.1) is 0 Å². The number of morpholine rings is 1. The minimum Gasteiger partial charge on any atom is -0.378 e. The maximum atomic E-state index is 13.0. The smallest absolute Gasteiger partial charge is 0.255 e. The molecule has 0 aliphatic carbocycles. The van der Waals surface area contributed by atoms with Gasteiger partial charge in [-0.25, -0.2) is 4.98 Å². The van der Waals surface area contributed by atoms with Crippen LogP contribution in [0.25, 0.3) is 0 Å². The molecule has 0 unspecified atom stereocenters. The molecular weight excluding hydrogens is 318 g/mol. The Kier molecular flexibility index (Phi) is 4.40. The third-order valence-electron chi connectivity index (χ3n) is 4.95. The lowest BCUT2D eigenvalue weighted by Crippen LogP contribution is -2.36. The first kappa shape index (κ1) is 16.1. The number of hydrogen-bond acceptors (Lipinski definition) is 5. The van der Waals surface area contributed by atoms with E-state index in [9.17, 15) is 4.79 Å². The number of carbonyl (C=O) groups excluding carboxylic acids is 1. The zero-order valence-electron chi connectivity index (χ0n) is 14.5. The quantitative estimate of drug-likeness (QED) is 0.849. The van der Waals surface area contributed by atoms with Crippen molar-refractivity contribution in [3.8, 4) is 0 Å². The molecular formula is C18H23N5O2. The average molecular weight is 341 g/mol. The fraction of sp³-hybridized carbons (Fsp3) is 0.500. The van der Waals surface area contributed by atoms with Crippen molar-refractivity contribution in [1.29, 1.82) is 0 Å². The SMILES string of the molecule is Cn1cc([C@H]2CCCN2C(=O)c2ccc(N3CCOCC3)nc2)cn1. The fourth-order valence-electron chi connectivity index (χ4n) is 3.63. The second-order valence-corrected chi connectivity index (χ2v) is 6.61. The van der Waals surface area contributed by atoms with Crippen LogP contribution in [0.15, 0.2) is 30.7 Å². The molecule has 0 bridgehead atoms. The molecule has 1 atom stereocenters. The Morgan fingerprint density at radius 2 is 2.04 bits per heavy atom. The summed E-state index contributed by atoms with van der Waals surface area (Å²) in [6.07, 6.45) is 7.55. The van der Waals surface area contributed by atoms with Crippen LogP contribution in [0.3, 0.4) is 0 Å². The van der Waals surface area contributed by atoms with Crippen molar-refractivity contribution >= 4 is 11.7 Å². The predicted octanol–water partition coefficient (Wildman–Crippen LogP) is 1.63. The van der Waals surface area contributed by atoms with Gasteiger partial charge in [-0.2, -0.15) is 5.10 Å². The summed E-state index contributed by atoms with van der Waals surface area (Å²) in [4.78, 5) is 21.6. The van der Waals surface area contributed by atoms with E-state index in [2.05, 4.69) is 15.0 Å². The highest BCUT2D eigenvalue weighted by Gasteiger charge is 2.31. The summed E-state index contributed by atoms with van der Waals surface area (Å²) in [6.45, 7) is 3.92. The molecule has 2 aromatic rings. The number of pyridine rings is 1. The van der Waals surface area contributed by atoms with Gasteiger partial charge in [-0.15, -0.1) is 0 Å². The van der Waals surface area contributed by atoms with E-state index >= 15 is 0 Å². The van der Waals surface area contributed by atoms with Crippen molar-refractivity contribution in [2.45, 2.75) is 18.9 Å². The van der Waals surface area contributed by atoms with Gasteiger partial charge in [0.1, 0.15) is 5.82 Å². The normalized spacial score (nSPS) is 20.9. The first-order chi connectivity index (χ1) is 12.2. The Balaban J connectivity index is 1.50. The number of anilines is 1. The molecule has 0 spiro atoms. The number of aryl methyl sites for hydroxylation is 1. The molecule has 4 rings (SSSR count). The van der Waals surface area contributed by atoms with Crippen LogP contribution in [0.1, 0.15) is 34.8 Å². The maximum absolute atomic E-state index is 13.0. The van der Waals surface area contributed by atoms with Crippen molar-refractivity contribution < 1.29 is 9.53 Å². The van der Waals surface area contributed by atoms with Gasteiger partial charge in [0.2, 0.25) is 0 Å². The van der Waals surface area contributed by atoms with E-state index in [0.717, 1.165) is 57.1 Å². The van der Waals surface area contributed by atoms with Crippen LogP contribution in [0.4, 0.5) is 5.82 Å². The highest BCUT2D eigenvalue weighted by molar-refractivity contribution is 5.94. The molecule has 2 fully saturated rings. The number of aromatic nitrogens is 3. The third-order valence-corrected chi connectivity index (χ3v) is 4.95. The largest absolute Gasteiger partial charge is 0.378 e. The fourth-order valence-corrected chi connectivity index (χ4v) is 3.63. The van der Waals surface area contributed by atoms with Gasteiger partial charge in [0, 0.05) is 44.6 Å². The van der Waals surface area contributed by atoms with Gasteiger partial charge in [-0.3, -0.25) is 9.48 Å². The Hall–Kier alpha value is -2.41. The lowest BCUT2D eigenvalue weighted by atomic mass is 10.1. The second-order valence-electron chi connectivity index (χ2n) is 6.61. The summed E-state index contributed by atoms with van der Waals surface area (Å²) >= 11 is 0. The summed E-state index contributed by atoms with van der Waals surface area (Å²) in [5.41, 5.74) is 1.75. The molecule has 0 saturated carbocycles. The summed E-state index contributed by atoms with van der Waals surface area (Å²) < 4.78 is 7.16. The van der Waals surface area contributed by atoms with E-state index in [1.165, 1.54) is 0 Å². The molecule has 25 heavy (non-hydrogen) atoms. The van der Waals surface area contributed by atoms with E-state index in [1.54, 1.807) is 10.9 Å². The van der Waals surface area contributed by atoms with Crippen molar-refractivity contribution in [1.82, 2.24) is 19.7 Å². The van der Waals surface area contributed by atoms with Crippen LogP contribution in [0.2, 0.25) is 0 Å². The number of amides is 1. The first-order valence-corrected chi connectivity index (χ1v) is 8.80. The minimum absolute atomic E-state index is 0.0485. The molecule has 4 heterocycles. The molecule has 1 amide bonds. The van der Waals surface area contributed by atoms with Gasteiger partial charge in [0.05, 0.1) is 31.0 Å². The zero-order valence-corrected chi connectivity index (χ0v) is 14.5. The van der Waals surface area contributed by atoms with Crippen LogP contribution in [0.5, 0.6) is 0 Å². The van der Waals surface area contributed by atoms with E-state index in [0.29, 0.717) is 5.56 Å². The molecule has 2 aliphatic heterocycles. The molecule has 0 aromatic carbocycles. The van der Waals surface area contributed by atoms with E-state index in [1.807, 2.05) is 36.5 Å². The molecule has 7 heteroatoms. The topological polar surface area (TPSA) is 63.5 Å². The van der Waals surface area contributed by atoms with E-state index in [4.69, 9.17) is 4.74 Å². The number of carbonyl (C=O) groups is 1. The van der Waals surface area contributed by atoms with Crippen molar-refractivity contribution in [2.24, 2.45) is 7.05 Å². The molecule has 7 nitrogen and oxygen atoms in total. The molecule has 132 valence electrons. The Morgan fingerprint density at radius 3 is 2.72 bits per heavy atom. The lowest BCUT2D eigenvalue weighted by Gasteiger charge is -2.28. The van der Waals surface area contributed by atoms with Crippen LogP contribution in [-0.4, -0.2) is 58.4 Å². The highest BCUT2D eigenvalue weighted by Crippen LogP contribution is 2.32. The molecule has 0 radical (unpaired) electrons. The second kappa shape index (κ2) is 6.84. The first-order valence-electron chi connectivity index (χ1n) is 8.80. The Morgan fingerprint density at radius 1 is 1.20 bits per heavy atom. The third kappa shape index (κ3) is 3.24. The van der Waals surface area contributed by atoms with Crippen molar-refractivity contribution in [2.75, 3.05) is 37.7 Å². The molecule has 2 saturated heterocycles. The number of ether oxygens (including phenoxy) is 1. The molecule has 2 aliphatic rings. The standard InChI is InChI=1S/C18H23N5O2/c1-21-13-15(12-20-21)16-3-2-6-23(16)18(24)14-4-5-17(19-11-14)22-7-9-25-10-8-22/h4-5,11-13,16H,2-3,6-10H2,1H3/t16-/m1/s1. The Labute approximate surface area is 147 Å². The van der Waals surface area contributed by atoms with Crippen LogP contribution in [-0.2, 0) is 11.8 Å². The number of hydrogen-bond donors (Lipinski definition) is 0. The highest BCUT2D eigenvalue weighted by atomic mass is 16.5. The summed E-state index contributed by atoms with van der Waals surface area (Å²) in [7, 11) is 1.90. The van der Waals surface area contributed by atoms with E-state index in [-0.39, 0.29) is 11.9 Å². The van der Waals surface area contributed by atoms with Gasteiger partial charge in [-0.1, -0.05) is 0 Å². The van der Waals surface area contributed by atoms with Crippen LogP contribution < -0.4 is 4.90 Å². The van der Waals surface area contributed by atoms with Gasteiger partial charge in [0.25, 0.3) is 5.91 Å². The molecule has 2 aromatic heterocycles. The van der Waals surface area contributed by atoms with Crippen LogP contribution >= 0.6 is 0 Å². The summed E-state index contributed by atoms with van der Waals surface area (Å²) in [6, 6.07) is 3.94. The average Bonchev–Trinajstić information content (AvgIpc) is 3.31. The molecule has 0 N–H and O–H groups in total. The van der Waals surface area contributed by atoms with Crippen molar-refractivity contribution in [3.05, 3.63) is 41.9 Å². The van der Waals surface area contributed by atoms with Gasteiger partial charge in [0.15, 0.2) is 0 Å². The predicted molar refractivity (Wildman–Crippen MR) is 93.5 cm³/mol. The monoisotopic (exact) mass is 341 g/mol. The summed E-state index contributed by atoms with van der Waals surface area (Å²) in [5.74, 6) is 0.956. The zero-order chi connectivity index (χ0) is 17.2. The minimum atomic E-state index is 0.0485. The van der Waals surface area contributed by atoms with Gasteiger partial charge >= 0.3 is 0 Å². The summed E-state index contributed by atoms with van der Waals surface area (Å²) in [5, 5.41) is 4.24. The Bertz CT molecular complexity index is 736. The lowest BCUT2D eigenvalue weighted by molar-refractivity contribution is 0.0735. The van der Waals surface area contributed by atoms with Gasteiger partial charge < -0.3 is 14.5 Å². The van der Waals surface area contributed by atoms with Crippen molar-refractivity contribution in [3.63, 3.8) is 0 Å². The van der Waals surface area contributed by atoms with Gasteiger partial charge in [-0.05, 0) is 25.0 Å². The number of likely N-dealkylation sites (tertiary alicyclic amines) is 1.